The van der Waals surface area contributed by atoms with E-state index in [0.717, 1.165) is 5.56 Å². The number of carbonyl (C=O) groups is 1. The molecular formula is C18H21ClFN3O4S. The van der Waals surface area contributed by atoms with E-state index in [1.807, 2.05) is 0 Å². The first-order chi connectivity index (χ1) is 12.9. The van der Waals surface area contributed by atoms with Crippen molar-refractivity contribution < 1.29 is 22.3 Å². The van der Waals surface area contributed by atoms with E-state index in [9.17, 15) is 17.6 Å². The number of methoxy groups -OCH3 is 1. The number of nitrogens with one attached hydrogen (secondary N) is 3. The third-order valence-electron chi connectivity index (χ3n) is 4.44. The molecule has 3 rings (SSSR count). The molecule has 0 fully saturated rings. The van der Waals surface area contributed by atoms with Crippen LogP contribution in [0.3, 0.4) is 0 Å². The summed E-state index contributed by atoms with van der Waals surface area (Å²) in [6.45, 7) is 1.26. The van der Waals surface area contributed by atoms with Crippen LogP contribution in [0.5, 0.6) is 5.75 Å². The lowest BCUT2D eigenvalue weighted by molar-refractivity contribution is 0.102. The van der Waals surface area contributed by atoms with Crippen molar-refractivity contribution in [3.63, 3.8) is 0 Å². The molecule has 1 aliphatic heterocycles. The molecule has 3 N–H and O–H groups in total. The topological polar surface area (TPSA) is 96.5 Å². The lowest BCUT2D eigenvalue weighted by atomic mass is 9.99. The largest absolute Gasteiger partial charge is 0.495 e. The van der Waals surface area contributed by atoms with Gasteiger partial charge in [0, 0.05) is 12.1 Å². The van der Waals surface area contributed by atoms with E-state index < -0.39 is 21.7 Å². The molecule has 0 spiro atoms. The fraction of sp³-hybridized carbons (Fsp3) is 0.278. The highest BCUT2D eigenvalue weighted by Gasteiger charge is 2.22. The number of halogens is 2. The van der Waals surface area contributed by atoms with Crippen LogP contribution in [0.4, 0.5) is 10.1 Å². The summed E-state index contributed by atoms with van der Waals surface area (Å²) in [5.74, 6) is -0.967. The van der Waals surface area contributed by atoms with Crippen molar-refractivity contribution >= 4 is 34.0 Å². The molecule has 2 aromatic carbocycles. The minimum absolute atomic E-state index is 0. The van der Waals surface area contributed by atoms with Gasteiger partial charge in [-0.15, -0.1) is 12.4 Å². The number of hydrogen-bond acceptors (Lipinski definition) is 5. The molecule has 0 radical (unpaired) electrons. The number of sulfonamides is 1. The minimum atomic E-state index is -3.83. The molecule has 1 heterocycles. The van der Waals surface area contributed by atoms with Crippen molar-refractivity contribution in [2.24, 2.45) is 0 Å². The molecule has 7 nitrogen and oxygen atoms in total. The molecule has 1 aliphatic rings. The number of rotatable bonds is 5. The van der Waals surface area contributed by atoms with Gasteiger partial charge in [-0.2, -0.15) is 0 Å². The van der Waals surface area contributed by atoms with Gasteiger partial charge in [-0.3, -0.25) is 4.79 Å². The Morgan fingerprint density at radius 2 is 2.00 bits per heavy atom. The van der Waals surface area contributed by atoms with E-state index >= 15 is 0 Å². The highest BCUT2D eigenvalue weighted by Crippen LogP contribution is 2.27. The third kappa shape index (κ3) is 4.27. The lowest BCUT2D eigenvalue weighted by Crippen LogP contribution is -2.25. The van der Waals surface area contributed by atoms with Gasteiger partial charge >= 0.3 is 0 Å². The van der Waals surface area contributed by atoms with Gasteiger partial charge in [-0.1, -0.05) is 6.07 Å². The van der Waals surface area contributed by atoms with Gasteiger partial charge in [-0.05, 0) is 55.4 Å². The molecule has 1 amide bonds. The predicted molar refractivity (Wildman–Crippen MR) is 106 cm³/mol. The zero-order valence-electron chi connectivity index (χ0n) is 15.3. The van der Waals surface area contributed by atoms with Crippen LogP contribution in [0.2, 0.25) is 0 Å². The zero-order valence-corrected chi connectivity index (χ0v) is 17.0. The van der Waals surface area contributed by atoms with Crippen molar-refractivity contribution in [1.29, 1.82) is 0 Å². The summed E-state index contributed by atoms with van der Waals surface area (Å²) >= 11 is 0. The number of carbonyl (C=O) groups excluding carboxylic acids is 1. The fourth-order valence-electron chi connectivity index (χ4n) is 2.96. The van der Waals surface area contributed by atoms with Crippen LogP contribution in [0.1, 0.15) is 21.5 Å². The highest BCUT2D eigenvalue weighted by molar-refractivity contribution is 7.89. The van der Waals surface area contributed by atoms with Crippen molar-refractivity contribution in [2.45, 2.75) is 17.9 Å². The first-order valence-corrected chi connectivity index (χ1v) is 9.79. The quantitative estimate of drug-likeness (QED) is 0.676. The van der Waals surface area contributed by atoms with Gasteiger partial charge < -0.3 is 15.4 Å². The first kappa shape index (κ1) is 22.1. The van der Waals surface area contributed by atoms with Crippen LogP contribution in [0.15, 0.2) is 35.2 Å². The molecule has 2 aromatic rings. The Morgan fingerprint density at radius 1 is 1.25 bits per heavy atom. The minimum Gasteiger partial charge on any atom is -0.495 e. The number of ether oxygens (including phenoxy) is 1. The number of amides is 1. The summed E-state index contributed by atoms with van der Waals surface area (Å²) in [4.78, 5) is 12.4. The van der Waals surface area contributed by atoms with Crippen LogP contribution in [-0.2, 0) is 23.0 Å². The molecule has 0 atom stereocenters. The standard InChI is InChI=1S/C18H20FN3O4S.ClH/c1-20-27(24,25)16-9-11(4-6-15(16)26-2)18(23)22-14-5-3-12-10-21-8-7-13(12)17(14)19;/h3-6,9,20-21H,7-8,10H2,1-2H3,(H,22,23);1H. The Hall–Kier alpha value is -2.20. The number of hydrogen-bond donors (Lipinski definition) is 3. The second-order valence-corrected chi connectivity index (χ2v) is 7.87. The molecule has 0 aliphatic carbocycles. The van der Waals surface area contributed by atoms with Crippen molar-refractivity contribution in [3.05, 3.63) is 52.8 Å². The molecule has 0 saturated heterocycles. The van der Waals surface area contributed by atoms with Crippen LogP contribution in [0, 0.1) is 5.82 Å². The summed E-state index contributed by atoms with van der Waals surface area (Å²) in [7, 11) is -1.23. The maximum absolute atomic E-state index is 14.7. The van der Waals surface area contributed by atoms with Crippen LogP contribution in [-0.4, -0.2) is 35.0 Å². The first-order valence-electron chi connectivity index (χ1n) is 8.31. The summed E-state index contributed by atoms with van der Waals surface area (Å²) in [5.41, 5.74) is 1.58. The zero-order chi connectivity index (χ0) is 19.6. The van der Waals surface area contributed by atoms with Crippen molar-refractivity contribution in [3.8, 4) is 5.75 Å². The fourth-order valence-corrected chi connectivity index (χ4v) is 3.88. The second kappa shape index (κ2) is 8.87. The number of fused-ring (bicyclic) bond motifs is 1. The van der Waals surface area contributed by atoms with Gasteiger partial charge in [0.05, 0.1) is 12.8 Å². The summed E-state index contributed by atoms with van der Waals surface area (Å²) < 4.78 is 46.2. The average molecular weight is 430 g/mol. The molecule has 0 bridgehead atoms. The molecule has 152 valence electrons. The van der Waals surface area contributed by atoms with E-state index in [-0.39, 0.29) is 34.3 Å². The highest BCUT2D eigenvalue weighted by atomic mass is 35.5. The smallest absolute Gasteiger partial charge is 0.255 e. The molecule has 28 heavy (non-hydrogen) atoms. The summed E-state index contributed by atoms with van der Waals surface area (Å²) in [6.07, 6.45) is 0.540. The Labute approximate surface area is 169 Å². The van der Waals surface area contributed by atoms with Crippen LogP contribution >= 0.6 is 12.4 Å². The second-order valence-electron chi connectivity index (χ2n) is 6.02. The van der Waals surface area contributed by atoms with Gasteiger partial charge in [0.15, 0.2) is 0 Å². The summed E-state index contributed by atoms with van der Waals surface area (Å²) in [5, 5.41) is 5.68. The molecule has 10 heteroatoms. The molecule has 0 saturated carbocycles. The van der Waals surface area contributed by atoms with E-state index in [4.69, 9.17) is 4.74 Å². The monoisotopic (exact) mass is 429 g/mol. The van der Waals surface area contributed by atoms with Crippen molar-refractivity contribution in [1.82, 2.24) is 10.0 Å². The maximum atomic E-state index is 14.7. The predicted octanol–water partition coefficient (Wildman–Crippen LogP) is 2.06. The van der Waals surface area contributed by atoms with E-state index in [2.05, 4.69) is 15.4 Å². The number of benzene rings is 2. The SMILES string of the molecule is CNS(=O)(=O)c1cc(C(=O)Nc2ccc3c(c2F)CCNC3)ccc1OC.Cl. The van der Waals surface area contributed by atoms with Gasteiger partial charge in [0.1, 0.15) is 16.5 Å². The lowest BCUT2D eigenvalue weighted by Gasteiger charge is -2.19. The Morgan fingerprint density at radius 3 is 2.68 bits per heavy atom. The Bertz CT molecular complexity index is 999. The van der Waals surface area contributed by atoms with E-state index in [1.165, 1.54) is 38.4 Å². The Kier molecular flexibility index (Phi) is 7.00. The van der Waals surface area contributed by atoms with Crippen LogP contribution in [0.25, 0.3) is 0 Å². The maximum Gasteiger partial charge on any atom is 0.255 e. The van der Waals surface area contributed by atoms with Gasteiger partial charge in [0.25, 0.3) is 5.91 Å². The van der Waals surface area contributed by atoms with E-state index in [0.29, 0.717) is 25.1 Å². The van der Waals surface area contributed by atoms with Crippen molar-refractivity contribution in [2.75, 3.05) is 26.0 Å². The van der Waals surface area contributed by atoms with Crippen LogP contribution < -0.4 is 20.1 Å². The molecular weight excluding hydrogens is 409 g/mol. The number of anilines is 1. The molecule has 0 unspecified atom stereocenters. The van der Waals surface area contributed by atoms with Gasteiger partial charge in [-0.25, -0.2) is 17.5 Å². The average Bonchev–Trinajstić information content (AvgIpc) is 2.69. The third-order valence-corrected chi connectivity index (χ3v) is 5.88. The normalized spacial score (nSPS) is 13.2. The van der Waals surface area contributed by atoms with E-state index in [1.54, 1.807) is 6.07 Å². The van der Waals surface area contributed by atoms with Gasteiger partial charge in [0.2, 0.25) is 10.0 Å². The molecule has 0 aromatic heterocycles. The Balaban J connectivity index is 0.00000280. The summed E-state index contributed by atoms with van der Waals surface area (Å²) in [6, 6.07) is 7.27.